The van der Waals surface area contributed by atoms with Gasteiger partial charge in [0.1, 0.15) is 6.04 Å². The number of carboxylic acid groups (broad SMARTS) is 1. The van der Waals surface area contributed by atoms with E-state index < -0.39 is 12.0 Å². The van der Waals surface area contributed by atoms with Gasteiger partial charge in [-0.1, -0.05) is 30.3 Å². The van der Waals surface area contributed by atoms with E-state index in [1.807, 2.05) is 30.3 Å². The first-order valence-corrected chi connectivity index (χ1v) is 4.13. The van der Waals surface area contributed by atoms with Crippen LogP contribution in [0.5, 0.6) is 0 Å². The Balaban J connectivity index is 2.64. The van der Waals surface area contributed by atoms with Crippen molar-refractivity contribution >= 4 is 12.4 Å². The fraction of sp³-hybridized carbons (Fsp3) is 0.200. The lowest BCUT2D eigenvalue weighted by atomic mass is 10.1. The molecule has 1 radical (unpaired) electrons. The fourth-order valence-electron chi connectivity index (χ4n) is 1.12. The van der Waals surface area contributed by atoms with Gasteiger partial charge in [-0.3, -0.25) is 4.79 Å². The molecule has 0 saturated heterocycles. The lowest BCUT2D eigenvalue weighted by Crippen LogP contribution is -2.37. The Hall–Kier alpha value is -1.84. The highest BCUT2D eigenvalue weighted by Gasteiger charge is 2.16. The molecule has 4 nitrogen and oxygen atoms in total. The molecular weight excluding hydrogens is 182 g/mol. The smallest absolute Gasteiger partial charge is 0.326 e. The number of hydrogen-bond donors (Lipinski definition) is 2. The van der Waals surface area contributed by atoms with Crippen LogP contribution in [0.1, 0.15) is 5.56 Å². The predicted molar refractivity (Wildman–Crippen MR) is 50.4 cm³/mol. The van der Waals surface area contributed by atoms with Crippen molar-refractivity contribution in [3.63, 3.8) is 0 Å². The number of carbonyl (C=O) groups excluding carboxylic acids is 1. The van der Waals surface area contributed by atoms with Crippen LogP contribution >= 0.6 is 0 Å². The van der Waals surface area contributed by atoms with E-state index in [1.165, 1.54) is 6.41 Å². The quantitative estimate of drug-likeness (QED) is 0.661. The van der Waals surface area contributed by atoms with Gasteiger partial charge in [0.15, 0.2) is 0 Å². The monoisotopic (exact) mass is 192 g/mol. The van der Waals surface area contributed by atoms with E-state index in [1.54, 1.807) is 0 Å². The molecule has 0 aliphatic heterocycles. The van der Waals surface area contributed by atoms with Crippen LogP contribution in [0.2, 0.25) is 0 Å². The average Bonchev–Trinajstić information content (AvgIpc) is 2.18. The zero-order valence-electron chi connectivity index (χ0n) is 7.43. The highest BCUT2D eigenvalue weighted by atomic mass is 16.4. The van der Waals surface area contributed by atoms with Gasteiger partial charge in [0.05, 0.1) is 0 Å². The Labute approximate surface area is 81.6 Å². The van der Waals surface area contributed by atoms with Gasteiger partial charge in [0, 0.05) is 6.42 Å². The van der Waals surface area contributed by atoms with Crippen molar-refractivity contribution in [1.82, 2.24) is 5.32 Å². The molecule has 0 heterocycles. The molecule has 0 aliphatic carbocycles. The van der Waals surface area contributed by atoms with Crippen molar-refractivity contribution in [2.45, 2.75) is 12.5 Å². The largest absolute Gasteiger partial charge is 0.480 e. The molecular formula is C10H10NO3. The molecule has 0 fully saturated rings. The van der Waals surface area contributed by atoms with Gasteiger partial charge < -0.3 is 10.4 Å². The summed E-state index contributed by atoms with van der Waals surface area (Å²) in [5.41, 5.74) is 0.864. The number of carboxylic acids is 1. The molecule has 1 unspecified atom stereocenters. The van der Waals surface area contributed by atoms with Gasteiger partial charge in [-0.25, -0.2) is 4.79 Å². The van der Waals surface area contributed by atoms with Gasteiger partial charge >= 0.3 is 12.4 Å². The molecule has 0 aliphatic rings. The zero-order valence-corrected chi connectivity index (χ0v) is 7.43. The Bertz CT molecular complexity index is 310. The highest BCUT2D eigenvalue weighted by Crippen LogP contribution is 2.02. The minimum absolute atomic E-state index is 0.269. The van der Waals surface area contributed by atoms with Gasteiger partial charge in [-0.2, -0.15) is 0 Å². The van der Waals surface area contributed by atoms with Gasteiger partial charge in [-0.05, 0) is 5.56 Å². The molecule has 2 N–H and O–H groups in total. The molecule has 1 aromatic carbocycles. The van der Waals surface area contributed by atoms with Crippen LogP contribution in [0, 0.1) is 0 Å². The first kappa shape index (κ1) is 10.2. The SMILES string of the molecule is O=[C]NC(Cc1ccccc1)C(=O)O. The summed E-state index contributed by atoms with van der Waals surface area (Å²) < 4.78 is 0. The van der Waals surface area contributed by atoms with Gasteiger partial charge in [0.2, 0.25) is 0 Å². The van der Waals surface area contributed by atoms with Gasteiger partial charge in [-0.15, -0.1) is 0 Å². The minimum atomic E-state index is -1.06. The summed E-state index contributed by atoms with van der Waals surface area (Å²) in [6.07, 6.45) is 1.66. The molecule has 73 valence electrons. The molecule has 1 atom stereocenters. The lowest BCUT2D eigenvalue weighted by molar-refractivity contribution is -0.139. The number of carbonyl (C=O) groups is 1. The van der Waals surface area contributed by atoms with E-state index in [2.05, 4.69) is 5.32 Å². The molecule has 1 aromatic rings. The van der Waals surface area contributed by atoms with E-state index in [0.29, 0.717) is 0 Å². The number of aliphatic carboxylic acids is 1. The number of benzene rings is 1. The molecule has 14 heavy (non-hydrogen) atoms. The normalized spacial score (nSPS) is 11.7. The first-order chi connectivity index (χ1) is 6.74. The topological polar surface area (TPSA) is 66.4 Å². The van der Waals surface area contributed by atoms with Crippen LogP contribution in [0.4, 0.5) is 0 Å². The van der Waals surface area contributed by atoms with Crippen molar-refractivity contribution in [3.05, 3.63) is 35.9 Å². The van der Waals surface area contributed by atoms with Crippen LogP contribution < -0.4 is 5.32 Å². The second-order valence-electron chi connectivity index (χ2n) is 2.83. The standard InChI is InChI=1S/C10H10NO3/c12-7-11-9(10(13)14)6-8-4-2-1-3-5-8/h1-5,9H,6H2,(H,11,12)(H,13,14). The molecule has 0 bridgehead atoms. The summed E-state index contributed by atoms with van der Waals surface area (Å²) in [5, 5.41) is 10.8. The summed E-state index contributed by atoms with van der Waals surface area (Å²) in [6.45, 7) is 0. The molecule has 0 spiro atoms. The number of rotatable bonds is 5. The second kappa shape index (κ2) is 5.01. The van der Waals surface area contributed by atoms with Crippen LogP contribution in [0.15, 0.2) is 30.3 Å². The number of nitrogens with one attached hydrogen (secondary N) is 1. The molecule has 1 amide bonds. The summed E-state index contributed by atoms with van der Waals surface area (Å²) in [6, 6.07) is 8.19. The maximum Gasteiger partial charge on any atom is 0.326 e. The number of amides is 1. The van der Waals surface area contributed by atoms with Gasteiger partial charge in [0.25, 0.3) is 0 Å². The third kappa shape index (κ3) is 2.90. The Morgan fingerprint density at radius 1 is 1.43 bits per heavy atom. The summed E-state index contributed by atoms with van der Waals surface area (Å²) in [5.74, 6) is -1.06. The maximum atomic E-state index is 10.7. The van der Waals surface area contributed by atoms with E-state index in [4.69, 9.17) is 5.11 Å². The summed E-state index contributed by atoms with van der Waals surface area (Å²) in [4.78, 5) is 20.7. The lowest BCUT2D eigenvalue weighted by Gasteiger charge is -2.09. The third-order valence-corrected chi connectivity index (χ3v) is 1.81. The molecule has 4 heteroatoms. The second-order valence-corrected chi connectivity index (χ2v) is 2.83. The molecule has 1 rings (SSSR count). The maximum absolute atomic E-state index is 10.7. The number of hydrogen-bond acceptors (Lipinski definition) is 2. The first-order valence-electron chi connectivity index (χ1n) is 4.13. The van der Waals surface area contributed by atoms with E-state index in [-0.39, 0.29) is 6.42 Å². The molecule has 0 saturated carbocycles. The Morgan fingerprint density at radius 3 is 2.57 bits per heavy atom. The van der Waals surface area contributed by atoms with Crippen molar-refractivity contribution in [1.29, 1.82) is 0 Å². The average molecular weight is 192 g/mol. The van der Waals surface area contributed by atoms with Crippen molar-refractivity contribution in [2.24, 2.45) is 0 Å². The zero-order chi connectivity index (χ0) is 10.4. The van der Waals surface area contributed by atoms with Crippen LogP contribution in [0.3, 0.4) is 0 Å². The molecule has 0 aromatic heterocycles. The van der Waals surface area contributed by atoms with Crippen molar-refractivity contribution in [2.75, 3.05) is 0 Å². The Morgan fingerprint density at radius 2 is 2.07 bits per heavy atom. The minimum Gasteiger partial charge on any atom is -0.480 e. The van der Waals surface area contributed by atoms with E-state index in [9.17, 15) is 9.59 Å². The predicted octanol–water partition coefficient (Wildman–Crippen LogP) is 0.339. The summed E-state index contributed by atoms with van der Waals surface area (Å²) in [7, 11) is 0. The van der Waals surface area contributed by atoms with E-state index in [0.717, 1.165) is 5.56 Å². The van der Waals surface area contributed by atoms with E-state index >= 15 is 0 Å². The third-order valence-electron chi connectivity index (χ3n) is 1.81. The van der Waals surface area contributed by atoms with Crippen LogP contribution in [-0.2, 0) is 16.0 Å². The van der Waals surface area contributed by atoms with Crippen LogP contribution in [0.25, 0.3) is 0 Å². The highest BCUT2D eigenvalue weighted by molar-refractivity contribution is 5.76. The van der Waals surface area contributed by atoms with Crippen molar-refractivity contribution < 1.29 is 14.7 Å². The van der Waals surface area contributed by atoms with Crippen molar-refractivity contribution in [3.8, 4) is 0 Å². The Kier molecular flexibility index (Phi) is 3.67. The van der Waals surface area contributed by atoms with Crippen LogP contribution in [-0.4, -0.2) is 23.5 Å². The summed E-state index contributed by atoms with van der Waals surface area (Å²) >= 11 is 0. The fourth-order valence-corrected chi connectivity index (χ4v) is 1.12.